The minimum atomic E-state index is -0.0962. The zero-order valence-electron chi connectivity index (χ0n) is 71.8. The average Bonchev–Trinajstić information content (AvgIpc) is 1.32. The van der Waals surface area contributed by atoms with Gasteiger partial charge in [0.2, 0.25) is 0 Å². The van der Waals surface area contributed by atoms with Gasteiger partial charge in [-0.3, -0.25) is 41.7 Å². The van der Waals surface area contributed by atoms with Crippen molar-refractivity contribution in [2.75, 3.05) is 125 Å². The first-order valence-corrected chi connectivity index (χ1v) is 41.9. The maximum absolute atomic E-state index is 13.1. The van der Waals surface area contributed by atoms with Crippen LogP contribution in [-0.2, 0) is 6.42 Å². The number of ether oxygens (including phenoxy) is 6. The monoisotopic (exact) mass is 1630 g/mol. The first kappa shape index (κ1) is 83.7. The second kappa shape index (κ2) is 36.7. The van der Waals surface area contributed by atoms with Gasteiger partial charge in [-0.15, -0.1) is 0 Å². The molecule has 15 heterocycles. The summed E-state index contributed by atoms with van der Waals surface area (Å²) in [6.45, 7) is 24.8. The molecule has 26 nitrogen and oxygen atoms in total. The summed E-state index contributed by atoms with van der Waals surface area (Å²) in [6, 6.07) is 37.6. The molecular formula is C95H110N16O10. The Labute approximate surface area is 705 Å². The lowest BCUT2D eigenvalue weighted by Crippen LogP contribution is -2.50. The lowest BCUT2D eigenvalue weighted by atomic mass is 9.99. The smallest absolute Gasteiger partial charge is 0.258 e. The van der Waals surface area contributed by atoms with Crippen molar-refractivity contribution in [2.24, 2.45) is 0 Å². The van der Waals surface area contributed by atoms with E-state index < -0.39 is 0 Å². The normalized spacial score (nSPS) is 16.8. The molecule has 3 saturated heterocycles. The number of fused-ring (bicyclic) bond motifs is 6. The van der Waals surface area contributed by atoms with E-state index in [0.717, 1.165) is 164 Å². The molecule has 121 heavy (non-hydrogen) atoms. The molecule has 0 radical (unpaired) electrons. The highest BCUT2D eigenvalue weighted by Crippen LogP contribution is 2.38. The molecule has 1 unspecified atom stereocenters. The largest absolute Gasteiger partial charge is 0.493 e. The molecular weight excluding hydrogens is 1530 g/mol. The molecule has 12 aromatic rings. The number of nitrogens with zero attached hydrogens (tertiary/aromatic N) is 13. The van der Waals surface area contributed by atoms with Gasteiger partial charge in [0.1, 0.15) is 22.6 Å². The predicted octanol–water partition coefficient (Wildman–Crippen LogP) is 13.3. The molecule has 2 atom stereocenters. The number of aryl methyl sites for hydroxylation is 3. The SMILES string of the molecule is CC1=Cn2cc(-c3cc(=O)n4cc(C5=CCNCC5)ccc4n3)cc2C(C)N1.CCc1cc(C2=CCN(C)CC2)cn2c(=O)cc(-c3ccc(OC)c(OC)c3)nc12.COc1ccc(-c2cc(=O)n3cc(N4CCC(NC(C)C)CC4)cc(C)c3n2)cc1OC.COc1ccc(-c2cc(=O)n3cc(N4CCN5CCC[C@@H]5C4)cc(C)c3n2)cc1OC. The van der Waals surface area contributed by atoms with Gasteiger partial charge in [0, 0.05) is 166 Å². The number of pyridine rings is 4. The van der Waals surface area contributed by atoms with Crippen molar-refractivity contribution < 1.29 is 28.4 Å². The summed E-state index contributed by atoms with van der Waals surface area (Å²) in [7, 11) is 11.7. The van der Waals surface area contributed by atoms with E-state index in [1.165, 1.54) is 30.5 Å². The maximum Gasteiger partial charge on any atom is 0.258 e. The number of rotatable bonds is 17. The van der Waals surface area contributed by atoms with E-state index in [-0.39, 0.29) is 28.3 Å². The minimum Gasteiger partial charge on any atom is -0.493 e. The standard InChI is InChI=1S/C25H32N4O3.C24H28N4O3.C24H27N3O3.C22H23N5O/c1-16(2)26-19-8-10-28(11-9-19)20-12-17(3)25-27-21(14-24(30)29(25)15-20)18-6-7-22(31-4)23(13-18)32-5;1-16-11-19(27-10-9-26-8-4-5-18(26)14-27)15-28-23(29)13-20(25-24(16)28)17-6-7-21(30-2)22(12-17)31-3;1-5-16-12-19(17-8-10-26(2)11-9-17)15-27-23(28)14-20(25-24(16)27)18-6-7-21(29-3)22(13-18)30-4;1-14-11-26-12-18(9-20(26)15(2)24-14)19-10-22(28)27-13-17(3-4-21(27)25-19)16-5-7-23-8-6-16/h6-7,12-16,19,26H,8-11H2,1-5H3;6-7,11-13,15,18H,4-5,8-10,14H2,1-3H3;6-8,12-15H,5,9-11H2,1-4H3;3-5,9-13,15,23-24H,6-8H2,1-2H3/t;18-;;/m.1../s1. The van der Waals surface area contributed by atoms with Crippen LogP contribution in [0.3, 0.4) is 0 Å². The second-order valence-electron chi connectivity index (χ2n) is 32.2. The fourth-order valence-electron chi connectivity index (χ4n) is 17.3. The molecule has 6 aliphatic heterocycles. The van der Waals surface area contributed by atoms with Crippen LogP contribution >= 0.6 is 0 Å². The van der Waals surface area contributed by atoms with Crippen LogP contribution in [0.5, 0.6) is 34.5 Å². The van der Waals surface area contributed by atoms with Gasteiger partial charge in [-0.25, -0.2) is 19.9 Å². The van der Waals surface area contributed by atoms with E-state index in [1.54, 1.807) is 84.5 Å². The summed E-state index contributed by atoms with van der Waals surface area (Å²) in [5.74, 6) is 3.75. The van der Waals surface area contributed by atoms with E-state index >= 15 is 0 Å². The Morgan fingerprint density at radius 3 is 1.55 bits per heavy atom. The third-order valence-electron chi connectivity index (χ3n) is 23.8. The van der Waals surface area contributed by atoms with Gasteiger partial charge < -0.3 is 63.6 Å². The van der Waals surface area contributed by atoms with Crippen LogP contribution < -0.4 is 76.4 Å². The van der Waals surface area contributed by atoms with Crippen molar-refractivity contribution in [3.63, 3.8) is 0 Å². The number of nitrogens with one attached hydrogen (secondary N) is 3. The number of hydrogen-bond donors (Lipinski definition) is 3. The van der Waals surface area contributed by atoms with Crippen molar-refractivity contribution in [1.82, 2.24) is 67.9 Å². The molecule has 26 heteroatoms. The third-order valence-corrected chi connectivity index (χ3v) is 23.8. The van der Waals surface area contributed by atoms with Crippen LogP contribution in [0.15, 0.2) is 183 Å². The number of allylic oxidation sites excluding steroid dienone is 1. The molecule has 3 fully saturated rings. The van der Waals surface area contributed by atoms with E-state index in [9.17, 15) is 19.2 Å². The minimum absolute atomic E-state index is 0.0570. The predicted molar refractivity (Wildman–Crippen MR) is 481 cm³/mol. The van der Waals surface area contributed by atoms with Crippen LogP contribution in [-0.4, -0.2) is 185 Å². The number of likely N-dealkylation sites (N-methyl/N-ethyl adjacent to an activating group) is 1. The molecule has 0 aliphatic carbocycles. The molecule has 3 aromatic carbocycles. The highest BCUT2D eigenvalue weighted by atomic mass is 16.5. The second-order valence-corrected chi connectivity index (χ2v) is 32.2. The highest BCUT2D eigenvalue weighted by Gasteiger charge is 2.32. The summed E-state index contributed by atoms with van der Waals surface area (Å²) < 4.78 is 40.9. The third kappa shape index (κ3) is 18.2. The van der Waals surface area contributed by atoms with Crippen molar-refractivity contribution in [1.29, 1.82) is 0 Å². The average molecular weight is 1640 g/mol. The van der Waals surface area contributed by atoms with Crippen molar-refractivity contribution in [3.05, 3.63) is 239 Å². The van der Waals surface area contributed by atoms with Crippen LogP contribution in [0.1, 0.15) is 113 Å². The van der Waals surface area contributed by atoms with Crippen LogP contribution in [0.4, 0.5) is 11.4 Å². The quantitative estimate of drug-likeness (QED) is 0.0766. The molecule has 0 saturated carbocycles. The molecule has 0 spiro atoms. The summed E-state index contributed by atoms with van der Waals surface area (Å²) in [6.07, 6.45) is 23.8. The molecule has 3 N–H and O–H groups in total. The molecule has 0 bridgehead atoms. The summed E-state index contributed by atoms with van der Waals surface area (Å²) >= 11 is 0. The van der Waals surface area contributed by atoms with E-state index in [4.69, 9.17) is 48.4 Å². The van der Waals surface area contributed by atoms with Gasteiger partial charge in [-0.2, -0.15) is 0 Å². The Morgan fingerprint density at radius 1 is 0.496 bits per heavy atom. The fourth-order valence-corrected chi connectivity index (χ4v) is 17.3. The topological polar surface area (TPSA) is 247 Å². The number of anilines is 2. The Morgan fingerprint density at radius 2 is 1.02 bits per heavy atom. The van der Waals surface area contributed by atoms with E-state index in [1.807, 2.05) is 105 Å². The first-order chi connectivity index (χ1) is 58.6. The Balaban J connectivity index is 0.000000126. The van der Waals surface area contributed by atoms with E-state index in [2.05, 4.69) is 130 Å². The molecule has 630 valence electrons. The highest BCUT2D eigenvalue weighted by molar-refractivity contribution is 5.74. The Bertz CT molecular complexity index is 6230. The number of hydrogen-bond acceptors (Lipinski definition) is 21. The van der Waals surface area contributed by atoms with Crippen molar-refractivity contribution >= 4 is 51.3 Å². The fraction of sp³-hybridized carbons (Fsp3) is 0.368. The lowest BCUT2D eigenvalue weighted by Gasteiger charge is -2.39. The number of benzene rings is 3. The molecule has 18 rings (SSSR count). The van der Waals surface area contributed by atoms with Gasteiger partial charge in [-0.1, -0.05) is 32.9 Å². The number of piperidine rings is 1. The van der Waals surface area contributed by atoms with Crippen molar-refractivity contribution in [3.8, 4) is 79.5 Å². The summed E-state index contributed by atoms with van der Waals surface area (Å²) in [5, 5.41) is 10.4. The number of piperazine rings is 1. The van der Waals surface area contributed by atoms with Gasteiger partial charge in [-0.05, 0) is 223 Å². The van der Waals surface area contributed by atoms with Crippen LogP contribution in [0, 0.1) is 13.8 Å². The van der Waals surface area contributed by atoms with E-state index in [0.29, 0.717) is 98.0 Å². The molecule has 6 aliphatic rings. The van der Waals surface area contributed by atoms with Gasteiger partial charge in [0.15, 0.2) is 34.5 Å². The van der Waals surface area contributed by atoms with Crippen molar-refractivity contribution in [2.45, 2.75) is 118 Å². The first-order valence-electron chi connectivity index (χ1n) is 41.9. The lowest BCUT2D eigenvalue weighted by molar-refractivity contribution is 0.231. The van der Waals surface area contributed by atoms with Gasteiger partial charge in [0.05, 0.1) is 82.9 Å². The number of methoxy groups -OCH3 is 6. The molecule has 0 amide bonds. The van der Waals surface area contributed by atoms with Crippen LogP contribution in [0.2, 0.25) is 0 Å². The summed E-state index contributed by atoms with van der Waals surface area (Å²) in [4.78, 5) is 80.9. The zero-order chi connectivity index (χ0) is 84.9. The van der Waals surface area contributed by atoms with Crippen LogP contribution in [0.25, 0.3) is 85.0 Å². The Kier molecular flexibility index (Phi) is 25.4. The van der Waals surface area contributed by atoms with Gasteiger partial charge >= 0.3 is 0 Å². The molecule has 9 aromatic heterocycles. The number of aromatic nitrogens is 9. The maximum atomic E-state index is 13.1. The zero-order valence-corrected chi connectivity index (χ0v) is 71.8. The Hall–Kier alpha value is -12.4. The van der Waals surface area contributed by atoms with Gasteiger partial charge in [0.25, 0.3) is 22.2 Å². The summed E-state index contributed by atoms with van der Waals surface area (Å²) in [5.41, 5.74) is 20.6.